The summed E-state index contributed by atoms with van der Waals surface area (Å²) in [5.74, 6) is -1.48. The first kappa shape index (κ1) is 16.1. The molecule has 1 aromatic heterocycles. The average Bonchev–Trinajstić information content (AvgIpc) is 2.48. The second-order valence-electron chi connectivity index (χ2n) is 4.82. The summed E-state index contributed by atoms with van der Waals surface area (Å²) in [6.07, 6.45) is 3.12. The number of hydrogen-bond acceptors (Lipinski definition) is 4. The molecule has 0 amide bonds. The van der Waals surface area contributed by atoms with E-state index in [0.29, 0.717) is 11.1 Å². The Morgan fingerprint density at radius 2 is 1.82 bits per heavy atom. The molecule has 2 rings (SSSR count). The van der Waals surface area contributed by atoms with Crippen molar-refractivity contribution >= 4 is 16.0 Å². The normalized spacial score (nSPS) is 12.7. The first-order valence-corrected chi connectivity index (χ1v) is 8.27. The van der Waals surface area contributed by atoms with Gasteiger partial charge in [-0.05, 0) is 17.2 Å². The molecule has 1 heterocycles. The molecule has 2 N–H and O–H groups in total. The monoisotopic (exact) mass is 320 g/mol. The summed E-state index contributed by atoms with van der Waals surface area (Å²) in [6, 6.07) is 10.8. The number of nitrogens with one attached hydrogen (secondary N) is 1. The number of sulfonamides is 1. The molecular weight excluding hydrogens is 304 g/mol. The van der Waals surface area contributed by atoms with Gasteiger partial charge in [0.1, 0.15) is 6.04 Å². The van der Waals surface area contributed by atoms with E-state index in [1.54, 1.807) is 48.7 Å². The zero-order valence-corrected chi connectivity index (χ0v) is 12.5. The van der Waals surface area contributed by atoms with Crippen LogP contribution in [0.3, 0.4) is 0 Å². The summed E-state index contributed by atoms with van der Waals surface area (Å²) in [5, 5.41) is 9.22. The zero-order valence-electron chi connectivity index (χ0n) is 11.7. The molecule has 2 aromatic rings. The number of pyridine rings is 1. The maximum Gasteiger partial charge on any atom is 0.322 e. The largest absolute Gasteiger partial charge is 0.480 e. The highest BCUT2D eigenvalue weighted by Gasteiger charge is 2.24. The molecule has 0 saturated carbocycles. The van der Waals surface area contributed by atoms with Crippen LogP contribution in [0.5, 0.6) is 0 Å². The molecule has 0 saturated heterocycles. The molecule has 1 atom stereocenters. The van der Waals surface area contributed by atoms with Crippen LogP contribution in [0, 0.1) is 0 Å². The minimum Gasteiger partial charge on any atom is -0.480 e. The highest BCUT2D eigenvalue weighted by atomic mass is 32.2. The van der Waals surface area contributed by atoms with Crippen LogP contribution in [-0.2, 0) is 27.0 Å². The van der Waals surface area contributed by atoms with E-state index in [0.717, 1.165) is 0 Å². The predicted octanol–water partition coefficient (Wildman–Crippen LogP) is 1.20. The number of hydrogen-bond donors (Lipinski definition) is 2. The van der Waals surface area contributed by atoms with Crippen molar-refractivity contribution in [1.29, 1.82) is 0 Å². The summed E-state index contributed by atoms with van der Waals surface area (Å²) in [5.41, 5.74) is 1.25. The number of carbonyl (C=O) groups is 1. The predicted molar refractivity (Wildman–Crippen MR) is 81.6 cm³/mol. The van der Waals surface area contributed by atoms with Gasteiger partial charge in [-0.15, -0.1) is 0 Å². The molecular formula is C15H16N2O4S. The number of rotatable bonds is 7. The third-order valence-corrected chi connectivity index (χ3v) is 4.34. The van der Waals surface area contributed by atoms with Crippen molar-refractivity contribution in [2.75, 3.05) is 0 Å². The number of carboxylic acids is 1. The lowest BCUT2D eigenvalue weighted by Crippen LogP contribution is -2.42. The fourth-order valence-corrected chi connectivity index (χ4v) is 3.32. The van der Waals surface area contributed by atoms with Crippen LogP contribution in [-0.4, -0.2) is 30.5 Å². The van der Waals surface area contributed by atoms with E-state index in [-0.39, 0.29) is 12.2 Å². The summed E-state index contributed by atoms with van der Waals surface area (Å²) in [7, 11) is -3.75. The van der Waals surface area contributed by atoms with Crippen LogP contribution in [0.1, 0.15) is 11.1 Å². The van der Waals surface area contributed by atoms with Crippen molar-refractivity contribution < 1.29 is 18.3 Å². The van der Waals surface area contributed by atoms with E-state index >= 15 is 0 Å². The van der Waals surface area contributed by atoms with Crippen molar-refractivity contribution in [2.24, 2.45) is 0 Å². The minimum absolute atomic E-state index is 0.0389. The molecule has 116 valence electrons. The Bertz CT molecular complexity index is 718. The lowest BCUT2D eigenvalue weighted by Gasteiger charge is -2.14. The topological polar surface area (TPSA) is 96.4 Å². The van der Waals surface area contributed by atoms with Crippen LogP contribution in [0.4, 0.5) is 0 Å². The smallest absolute Gasteiger partial charge is 0.322 e. The van der Waals surface area contributed by atoms with Gasteiger partial charge in [-0.25, -0.2) is 13.1 Å². The molecule has 7 heteroatoms. The zero-order chi connectivity index (χ0) is 16.0. The number of aliphatic carboxylic acids is 1. The molecule has 0 aliphatic rings. The van der Waals surface area contributed by atoms with Gasteiger partial charge in [0.15, 0.2) is 0 Å². The number of carboxylic acid groups (broad SMARTS) is 1. The van der Waals surface area contributed by atoms with Gasteiger partial charge in [0, 0.05) is 18.8 Å². The Kier molecular flexibility index (Phi) is 5.24. The quantitative estimate of drug-likeness (QED) is 0.799. The van der Waals surface area contributed by atoms with Crippen molar-refractivity contribution in [1.82, 2.24) is 9.71 Å². The highest BCUT2D eigenvalue weighted by Crippen LogP contribution is 2.07. The van der Waals surface area contributed by atoms with Gasteiger partial charge in [0.05, 0.1) is 5.75 Å². The summed E-state index contributed by atoms with van der Waals surface area (Å²) in [6.45, 7) is 0. The number of aromatic nitrogens is 1. The Hall–Kier alpha value is -2.25. The summed E-state index contributed by atoms with van der Waals surface area (Å²) in [4.78, 5) is 15.2. The first-order valence-electron chi connectivity index (χ1n) is 6.62. The average molecular weight is 320 g/mol. The second-order valence-corrected chi connectivity index (χ2v) is 6.57. The second kappa shape index (κ2) is 7.15. The van der Waals surface area contributed by atoms with Crippen molar-refractivity contribution in [3.8, 4) is 0 Å². The van der Waals surface area contributed by atoms with Gasteiger partial charge in [0.2, 0.25) is 10.0 Å². The molecule has 1 aromatic carbocycles. The summed E-state index contributed by atoms with van der Waals surface area (Å²) >= 11 is 0. The van der Waals surface area contributed by atoms with Gasteiger partial charge in [0.25, 0.3) is 0 Å². The van der Waals surface area contributed by atoms with Crippen LogP contribution >= 0.6 is 0 Å². The van der Waals surface area contributed by atoms with Crippen molar-refractivity contribution in [3.63, 3.8) is 0 Å². The van der Waals surface area contributed by atoms with E-state index in [2.05, 4.69) is 9.71 Å². The number of benzene rings is 1. The van der Waals surface area contributed by atoms with Crippen LogP contribution in [0.25, 0.3) is 0 Å². The van der Waals surface area contributed by atoms with Gasteiger partial charge < -0.3 is 5.11 Å². The Balaban J connectivity index is 2.08. The first-order chi connectivity index (χ1) is 10.5. The fraction of sp³-hybridized carbons (Fsp3) is 0.200. The van der Waals surface area contributed by atoms with E-state index in [9.17, 15) is 18.3 Å². The third kappa shape index (κ3) is 4.94. The third-order valence-electron chi connectivity index (χ3n) is 2.98. The van der Waals surface area contributed by atoms with Crippen LogP contribution in [0.2, 0.25) is 0 Å². The molecule has 0 aliphatic carbocycles. The minimum atomic E-state index is -3.75. The number of nitrogens with zero attached hydrogens (tertiary/aromatic N) is 1. The van der Waals surface area contributed by atoms with E-state index < -0.39 is 22.0 Å². The standard InChI is InChI=1S/C15H16N2O4S/c18-15(19)14(9-13-7-4-8-16-10-13)17-22(20,21)11-12-5-2-1-3-6-12/h1-8,10,14,17H,9,11H2,(H,18,19)/t14-/m0/s1. The Morgan fingerprint density at radius 1 is 1.14 bits per heavy atom. The lowest BCUT2D eigenvalue weighted by molar-refractivity contribution is -0.138. The molecule has 22 heavy (non-hydrogen) atoms. The Labute approximate surface area is 128 Å². The summed E-state index contributed by atoms with van der Waals surface area (Å²) < 4.78 is 26.5. The van der Waals surface area contributed by atoms with Gasteiger partial charge in [-0.3, -0.25) is 9.78 Å². The van der Waals surface area contributed by atoms with Gasteiger partial charge >= 0.3 is 5.97 Å². The molecule has 0 aliphatic heterocycles. The van der Waals surface area contributed by atoms with E-state index in [1.807, 2.05) is 0 Å². The van der Waals surface area contributed by atoms with E-state index in [1.165, 1.54) is 6.20 Å². The van der Waals surface area contributed by atoms with Crippen molar-refractivity contribution in [3.05, 3.63) is 66.0 Å². The molecule has 0 unspecified atom stereocenters. The SMILES string of the molecule is O=C(O)[C@H](Cc1cccnc1)NS(=O)(=O)Cc1ccccc1. The highest BCUT2D eigenvalue weighted by molar-refractivity contribution is 7.88. The molecule has 0 spiro atoms. The maximum absolute atomic E-state index is 12.1. The Morgan fingerprint density at radius 3 is 2.41 bits per heavy atom. The molecule has 0 fully saturated rings. The van der Waals surface area contributed by atoms with Gasteiger partial charge in [-0.2, -0.15) is 0 Å². The molecule has 0 bridgehead atoms. The molecule has 0 radical (unpaired) electrons. The molecule has 6 nitrogen and oxygen atoms in total. The van der Waals surface area contributed by atoms with E-state index in [4.69, 9.17) is 0 Å². The van der Waals surface area contributed by atoms with Crippen LogP contribution < -0.4 is 4.72 Å². The van der Waals surface area contributed by atoms with Crippen LogP contribution in [0.15, 0.2) is 54.9 Å². The lowest BCUT2D eigenvalue weighted by atomic mass is 10.1. The maximum atomic E-state index is 12.1. The fourth-order valence-electron chi connectivity index (χ4n) is 1.99. The van der Waals surface area contributed by atoms with Crippen molar-refractivity contribution in [2.45, 2.75) is 18.2 Å². The van der Waals surface area contributed by atoms with Gasteiger partial charge in [-0.1, -0.05) is 36.4 Å².